The predicted octanol–water partition coefficient (Wildman–Crippen LogP) is 6.27. The number of rotatable bonds is 8. The number of hydrogen-bond donors (Lipinski definition) is 1. The van der Waals surface area contributed by atoms with Crippen molar-refractivity contribution >= 4 is 17.8 Å². The third kappa shape index (κ3) is 7.50. The number of amides is 1. The summed E-state index contributed by atoms with van der Waals surface area (Å²) in [6, 6.07) is 22.3. The van der Waals surface area contributed by atoms with Crippen molar-refractivity contribution in [2.75, 3.05) is 5.32 Å². The van der Waals surface area contributed by atoms with E-state index in [1.165, 1.54) is 30.6 Å². The van der Waals surface area contributed by atoms with Gasteiger partial charge < -0.3 is 19.4 Å². The molecule has 0 atom stereocenters. The van der Waals surface area contributed by atoms with Crippen LogP contribution in [0.2, 0.25) is 0 Å². The van der Waals surface area contributed by atoms with Gasteiger partial charge in [0.1, 0.15) is 17.2 Å². The van der Waals surface area contributed by atoms with Gasteiger partial charge in [-0.1, -0.05) is 42.5 Å². The standard InChI is InChI=1S/C26H20F3N3O3/c27-26(28,29)35-23-11-5-7-20(15-23)16-32-17-24(30-18-32)31-25(33)13-12-19-6-4-10-22(14-19)34-21-8-2-1-3-9-21/h1-15,17-18H,16H2,(H,31,33)/b13-12+. The molecule has 1 N–H and O–H groups in total. The molecule has 1 aromatic heterocycles. The third-order valence-electron chi connectivity index (χ3n) is 4.65. The van der Waals surface area contributed by atoms with Gasteiger partial charge in [0, 0.05) is 18.8 Å². The Balaban J connectivity index is 1.33. The molecule has 0 saturated heterocycles. The molecule has 0 saturated carbocycles. The van der Waals surface area contributed by atoms with Crippen LogP contribution < -0.4 is 14.8 Å². The molecular formula is C26H20F3N3O3. The van der Waals surface area contributed by atoms with Crippen molar-refractivity contribution in [3.63, 3.8) is 0 Å². The molecule has 178 valence electrons. The van der Waals surface area contributed by atoms with Gasteiger partial charge in [-0.25, -0.2) is 4.98 Å². The number of hydrogen-bond acceptors (Lipinski definition) is 4. The number of nitrogens with one attached hydrogen (secondary N) is 1. The van der Waals surface area contributed by atoms with Gasteiger partial charge in [-0.05, 0) is 53.6 Å². The van der Waals surface area contributed by atoms with Crippen LogP contribution in [-0.2, 0) is 11.3 Å². The molecule has 0 unspecified atom stereocenters. The molecular weight excluding hydrogens is 459 g/mol. The number of nitrogens with zero attached hydrogens (tertiary/aromatic N) is 2. The molecule has 0 spiro atoms. The first kappa shape index (κ1) is 23.6. The molecule has 0 aliphatic carbocycles. The monoisotopic (exact) mass is 479 g/mol. The van der Waals surface area contributed by atoms with E-state index >= 15 is 0 Å². The topological polar surface area (TPSA) is 65.4 Å². The zero-order valence-electron chi connectivity index (χ0n) is 18.3. The van der Waals surface area contributed by atoms with Crippen molar-refractivity contribution in [3.05, 3.63) is 109 Å². The van der Waals surface area contributed by atoms with Crippen molar-refractivity contribution in [2.24, 2.45) is 0 Å². The number of para-hydroxylation sites is 1. The van der Waals surface area contributed by atoms with E-state index in [4.69, 9.17) is 4.74 Å². The molecule has 0 fully saturated rings. The SMILES string of the molecule is O=C(/C=C/c1cccc(Oc2ccccc2)c1)Nc1cn(Cc2cccc(OC(F)(F)F)c2)cn1. The highest BCUT2D eigenvalue weighted by Gasteiger charge is 2.31. The fourth-order valence-electron chi connectivity index (χ4n) is 3.21. The van der Waals surface area contributed by atoms with Crippen molar-refractivity contribution in [1.82, 2.24) is 9.55 Å². The number of ether oxygens (including phenoxy) is 2. The zero-order chi connectivity index (χ0) is 24.7. The summed E-state index contributed by atoms with van der Waals surface area (Å²) in [6.45, 7) is 0.252. The van der Waals surface area contributed by atoms with E-state index in [1.807, 2.05) is 54.6 Å². The first-order valence-electron chi connectivity index (χ1n) is 10.5. The number of imidazole rings is 1. The molecule has 0 bridgehead atoms. The highest BCUT2D eigenvalue weighted by molar-refractivity contribution is 6.01. The average Bonchev–Trinajstić information content (AvgIpc) is 3.24. The number of benzene rings is 3. The molecule has 4 rings (SSSR count). The molecule has 35 heavy (non-hydrogen) atoms. The van der Waals surface area contributed by atoms with E-state index in [9.17, 15) is 18.0 Å². The Hall–Kier alpha value is -4.53. The lowest BCUT2D eigenvalue weighted by Crippen LogP contribution is -2.17. The Morgan fingerprint density at radius 3 is 2.49 bits per heavy atom. The summed E-state index contributed by atoms with van der Waals surface area (Å²) >= 11 is 0. The fraction of sp³-hybridized carbons (Fsp3) is 0.0769. The smallest absolute Gasteiger partial charge is 0.457 e. The number of carbonyl (C=O) groups is 1. The lowest BCUT2D eigenvalue weighted by Gasteiger charge is -2.10. The molecule has 0 aliphatic heterocycles. The van der Waals surface area contributed by atoms with Crippen LogP contribution in [0.25, 0.3) is 6.08 Å². The summed E-state index contributed by atoms with van der Waals surface area (Å²) in [5.74, 6) is 0.976. The van der Waals surface area contributed by atoms with Crippen LogP contribution in [0.4, 0.5) is 19.0 Å². The van der Waals surface area contributed by atoms with Crippen LogP contribution in [0, 0.1) is 0 Å². The minimum absolute atomic E-state index is 0.252. The first-order chi connectivity index (χ1) is 16.8. The Bertz CT molecular complexity index is 1320. The lowest BCUT2D eigenvalue weighted by atomic mass is 10.2. The molecule has 0 aliphatic rings. The minimum Gasteiger partial charge on any atom is -0.457 e. The van der Waals surface area contributed by atoms with E-state index in [0.717, 1.165) is 5.56 Å². The maximum absolute atomic E-state index is 12.4. The van der Waals surface area contributed by atoms with E-state index in [1.54, 1.807) is 22.9 Å². The third-order valence-corrected chi connectivity index (χ3v) is 4.65. The number of aromatic nitrogens is 2. The average molecular weight is 479 g/mol. The van der Waals surface area contributed by atoms with Crippen LogP contribution in [0.3, 0.4) is 0 Å². The van der Waals surface area contributed by atoms with E-state index < -0.39 is 6.36 Å². The van der Waals surface area contributed by atoms with Gasteiger partial charge in [0.05, 0.1) is 6.33 Å². The lowest BCUT2D eigenvalue weighted by molar-refractivity contribution is -0.274. The Morgan fingerprint density at radius 2 is 1.69 bits per heavy atom. The van der Waals surface area contributed by atoms with Gasteiger partial charge in [-0.3, -0.25) is 4.79 Å². The van der Waals surface area contributed by atoms with E-state index in [-0.39, 0.29) is 18.2 Å². The summed E-state index contributed by atoms with van der Waals surface area (Å²) in [5.41, 5.74) is 1.36. The van der Waals surface area contributed by atoms with Gasteiger partial charge in [0.2, 0.25) is 5.91 Å². The van der Waals surface area contributed by atoms with Crippen molar-refractivity contribution in [1.29, 1.82) is 0 Å². The highest BCUT2D eigenvalue weighted by Crippen LogP contribution is 2.24. The largest absolute Gasteiger partial charge is 0.573 e. The molecule has 9 heteroatoms. The summed E-state index contributed by atoms with van der Waals surface area (Å²) in [7, 11) is 0. The van der Waals surface area contributed by atoms with Crippen molar-refractivity contribution < 1.29 is 27.4 Å². The Labute approximate surface area is 199 Å². The second kappa shape index (κ2) is 10.6. The number of halogens is 3. The van der Waals surface area contributed by atoms with Crippen LogP contribution in [0.5, 0.6) is 17.2 Å². The van der Waals surface area contributed by atoms with Crippen molar-refractivity contribution in [3.8, 4) is 17.2 Å². The predicted molar refractivity (Wildman–Crippen MR) is 125 cm³/mol. The van der Waals surface area contributed by atoms with E-state index in [2.05, 4.69) is 15.0 Å². The van der Waals surface area contributed by atoms with Gasteiger partial charge >= 0.3 is 6.36 Å². The van der Waals surface area contributed by atoms with Gasteiger partial charge in [0.25, 0.3) is 0 Å². The Morgan fingerprint density at radius 1 is 0.943 bits per heavy atom. The second-order valence-electron chi connectivity index (χ2n) is 7.44. The molecule has 3 aromatic carbocycles. The highest BCUT2D eigenvalue weighted by atomic mass is 19.4. The molecule has 4 aromatic rings. The van der Waals surface area contributed by atoms with Crippen LogP contribution in [0.1, 0.15) is 11.1 Å². The summed E-state index contributed by atoms with van der Waals surface area (Å²) in [6.07, 6.45) is 1.32. The number of carbonyl (C=O) groups excluding carboxylic acids is 1. The first-order valence-corrected chi connectivity index (χ1v) is 10.5. The fourth-order valence-corrected chi connectivity index (χ4v) is 3.21. The normalized spacial score (nSPS) is 11.4. The summed E-state index contributed by atoms with van der Waals surface area (Å²) in [5, 5.41) is 2.65. The number of alkyl halides is 3. The van der Waals surface area contributed by atoms with Crippen LogP contribution in [-0.4, -0.2) is 21.8 Å². The quantitative estimate of drug-likeness (QED) is 0.302. The molecule has 0 radical (unpaired) electrons. The van der Waals surface area contributed by atoms with Crippen LogP contribution in [0.15, 0.2) is 97.5 Å². The Kier molecular flexibility index (Phi) is 7.15. The van der Waals surface area contributed by atoms with Gasteiger partial charge in [0.15, 0.2) is 5.82 Å². The van der Waals surface area contributed by atoms with Gasteiger partial charge in [-0.15, -0.1) is 13.2 Å². The minimum atomic E-state index is -4.76. The van der Waals surface area contributed by atoms with Crippen molar-refractivity contribution in [2.45, 2.75) is 12.9 Å². The molecule has 1 heterocycles. The summed E-state index contributed by atoms with van der Waals surface area (Å²) < 4.78 is 48.6. The summed E-state index contributed by atoms with van der Waals surface area (Å²) in [4.78, 5) is 16.4. The maximum atomic E-state index is 12.4. The second-order valence-corrected chi connectivity index (χ2v) is 7.44. The molecule has 1 amide bonds. The zero-order valence-corrected chi connectivity index (χ0v) is 18.3. The van der Waals surface area contributed by atoms with Crippen LogP contribution >= 0.6 is 0 Å². The maximum Gasteiger partial charge on any atom is 0.573 e. The van der Waals surface area contributed by atoms with E-state index in [0.29, 0.717) is 22.9 Å². The molecule has 6 nitrogen and oxygen atoms in total. The van der Waals surface area contributed by atoms with Gasteiger partial charge in [-0.2, -0.15) is 0 Å². The number of anilines is 1.